The van der Waals surface area contributed by atoms with E-state index in [1.807, 2.05) is 30.3 Å². The molecule has 0 aromatic heterocycles. The van der Waals surface area contributed by atoms with Crippen molar-refractivity contribution in [1.29, 1.82) is 0 Å². The topological polar surface area (TPSA) is 139 Å². The summed E-state index contributed by atoms with van der Waals surface area (Å²) in [5, 5.41) is 23.0. The van der Waals surface area contributed by atoms with Crippen LogP contribution in [0.4, 0.5) is 11.4 Å². The molecule has 1 aliphatic rings. The predicted octanol–water partition coefficient (Wildman–Crippen LogP) is 5.84. The van der Waals surface area contributed by atoms with Crippen molar-refractivity contribution in [3.63, 3.8) is 0 Å². The van der Waals surface area contributed by atoms with E-state index < -0.39 is 27.9 Å². The molecular formula is C27H24N2O8. The fourth-order valence-electron chi connectivity index (χ4n) is 4.72. The summed E-state index contributed by atoms with van der Waals surface area (Å²) in [7, 11) is 1.14. The van der Waals surface area contributed by atoms with Crippen LogP contribution in [0.1, 0.15) is 57.9 Å². The Bertz CT molecular complexity index is 1360. The van der Waals surface area contributed by atoms with Crippen LogP contribution in [-0.2, 0) is 9.47 Å². The number of non-ortho nitro benzene ring substituents is 2. The second-order valence-corrected chi connectivity index (χ2v) is 8.71. The maximum Gasteiger partial charge on any atom is 0.339 e. The first-order chi connectivity index (χ1) is 17.8. The molecule has 0 unspecified atom stereocenters. The Morgan fingerprint density at radius 2 is 1.32 bits per heavy atom. The predicted molar refractivity (Wildman–Crippen MR) is 133 cm³/mol. The van der Waals surface area contributed by atoms with Gasteiger partial charge in [-0.15, -0.1) is 0 Å². The Hall–Kier alpha value is -4.60. The molecule has 2 atom stereocenters. The molecule has 0 saturated heterocycles. The van der Waals surface area contributed by atoms with Crippen molar-refractivity contribution in [2.45, 2.75) is 37.7 Å². The number of ether oxygens (including phenoxy) is 2. The smallest absolute Gasteiger partial charge is 0.339 e. The number of benzene rings is 3. The lowest BCUT2D eigenvalue weighted by atomic mass is 9.81. The zero-order chi connectivity index (χ0) is 26.5. The minimum absolute atomic E-state index is 0.0103. The molecule has 37 heavy (non-hydrogen) atoms. The van der Waals surface area contributed by atoms with Gasteiger partial charge in [-0.1, -0.05) is 36.8 Å². The molecule has 3 aromatic rings. The van der Waals surface area contributed by atoms with Crippen molar-refractivity contribution in [2.75, 3.05) is 7.11 Å². The van der Waals surface area contributed by atoms with Gasteiger partial charge in [0.1, 0.15) is 6.10 Å². The number of rotatable bonds is 7. The van der Waals surface area contributed by atoms with Gasteiger partial charge in [0, 0.05) is 41.3 Å². The highest BCUT2D eigenvalue weighted by Gasteiger charge is 2.32. The molecule has 4 rings (SSSR count). The van der Waals surface area contributed by atoms with Crippen LogP contribution >= 0.6 is 0 Å². The highest BCUT2D eigenvalue weighted by atomic mass is 16.6. The summed E-state index contributed by atoms with van der Waals surface area (Å²) < 4.78 is 10.8. The Morgan fingerprint density at radius 1 is 0.784 bits per heavy atom. The van der Waals surface area contributed by atoms with Gasteiger partial charge in [-0.05, 0) is 37.0 Å². The molecule has 1 saturated carbocycles. The Balaban J connectivity index is 1.79. The monoisotopic (exact) mass is 504 g/mol. The van der Waals surface area contributed by atoms with Crippen LogP contribution in [0, 0.1) is 20.2 Å². The molecule has 0 N–H and O–H groups in total. The third kappa shape index (κ3) is 5.48. The standard InChI is InChI=1S/C27H24N2O8/c1-36-26(30)21-13-11-18(28(32)33)15-23(21)24-16-19(29(34)35)12-14-22(24)27(31)37-25-10-6-5-9-20(25)17-7-3-2-4-8-17/h2-4,7-8,11-16,20,25H,5-6,9-10H2,1H3/t20-,25+/m0/s1. The van der Waals surface area contributed by atoms with E-state index in [2.05, 4.69) is 0 Å². The van der Waals surface area contributed by atoms with Gasteiger partial charge in [0.2, 0.25) is 0 Å². The van der Waals surface area contributed by atoms with Gasteiger partial charge in [0.25, 0.3) is 11.4 Å². The molecule has 0 spiro atoms. The first-order valence-corrected chi connectivity index (χ1v) is 11.7. The van der Waals surface area contributed by atoms with Gasteiger partial charge in [-0.3, -0.25) is 20.2 Å². The van der Waals surface area contributed by atoms with E-state index in [-0.39, 0.29) is 39.5 Å². The van der Waals surface area contributed by atoms with E-state index in [9.17, 15) is 29.8 Å². The Morgan fingerprint density at radius 3 is 1.86 bits per heavy atom. The third-order valence-electron chi connectivity index (χ3n) is 6.53. The third-order valence-corrected chi connectivity index (χ3v) is 6.53. The van der Waals surface area contributed by atoms with Gasteiger partial charge < -0.3 is 9.47 Å². The molecular weight excluding hydrogens is 480 g/mol. The maximum absolute atomic E-state index is 13.5. The molecule has 0 bridgehead atoms. The van der Waals surface area contributed by atoms with E-state index in [0.29, 0.717) is 6.42 Å². The molecule has 1 aliphatic carbocycles. The first-order valence-electron chi connectivity index (χ1n) is 11.7. The lowest BCUT2D eigenvalue weighted by Gasteiger charge is -2.31. The number of esters is 2. The van der Waals surface area contributed by atoms with Gasteiger partial charge in [0.05, 0.1) is 28.1 Å². The van der Waals surface area contributed by atoms with Crippen molar-refractivity contribution >= 4 is 23.3 Å². The number of hydrogen-bond acceptors (Lipinski definition) is 8. The normalized spacial score (nSPS) is 17.0. The van der Waals surface area contributed by atoms with E-state index in [1.54, 1.807) is 0 Å². The Kier molecular flexibility index (Phi) is 7.57. The molecule has 0 amide bonds. The summed E-state index contributed by atoms with van der Waals surface area (Å²) in [6, 6.07) is 16.7. The maximum atomic E-state index is 13.5. The van der Waals surface area contributed by atoms with Crippen molar-refractivity contribution in [2.24, 2.45) is 0 Å². The highest BCUT2D eigenvalue weighted by molar-refractivity contribution is 6.04. The lowest BCUT2D eigenvalue weighted by Crippen LogP contribution is -2.29. The van der Waals surface area contributed by atoms with Crippen LogP contribution in [0.25, 0.3) is 11.1 Å². The zero-order valence-electron chi connectivity index (χ0n) is 20.0. The van der Waals surface area contributed by atoms with E-state index in [4.69, 9.17) is 9.47 Å². The van der Waals surface area contributed by atoms with Crippen LogP contribution in [0.15, 0.2) is 66.7 Å². The quantitative estimate of drug-likeness (QED) is 0.222. The second kappa shape index (κ2) is 11.0. The number of carbonyl (C=O) groups excluding carboxylic acids is 2. The molecule has 0 heterocycles. The van der Waals surface area contributed by atoms with Crippen LogP contribution in [-0.4, -0.2) is 35.0 Å². The molecule has 10 nitrogen and oxygen atoms in total. The number of nitrogens with zero attached hydrogens (tertiary/aromatic N) is 2. The SMILES string of the molecule is COC(=O)c1ccc([N+](=O)[O-])cc1-c1cc([N+](=O)[O-])ccc1C(=O)O[C@@H]1CCCC[C@H]1c1ccccc1. The van der Waals surface area contributed by atoms with Crippen molar-refractivity contribution in [1.82, 2.24) is 0 Å². The lowest BCUT2D eigenvalue weighted by molar-refractivity contribution is -0.385. The van der Waals surface area contributed by atoms with Gasteiger partial charge >= 0.3 is 11.9 Å². The van der Waals surface area contributed by atoms with Gasteiger partial charge in [-0.2, -0.15) is 0 Å². The second-order valence-electron chi connectivity index (χ2n) is 8.71. The fraction of sp³-hybridized carbons (Fsp3) is 0.259. The van der Waals surface area contributed by atoms with Crippen LogP contribution in [0.2, 0.25) is 0 Å². The largest absolute Gasteiger partial charge is 0.465 e. The van der Waals surface area contributed by atoms with Crippen LogP contribution in [0.3, 0.4) is 0 Å². The average Bonchev–Trinajstić information content (AvgIpc) is 2.92. The summed E-state index contributed by atoms with van der Waals surface area (Å²) >= 11 is 0. The summed E-state index contributed by atoms with van der Waals surface area (Å²) in [6.45, 7) is 0. The van der Waals surface area contributed by atoms with Crippen LogP contribution < -0.4 is 0 Å². The number of carbonyl (C=O) groups is 2. The zero-order valence-corrected chi connectivity index (χ0v) is 20.0. The fourth-order valence-corrected chi connectivity index (χ4v) is 4.72. The number of nitro benzene ring substituents is 2. The first kappa shape index (κ1) is 25.5. The number of hydrogen-bond donors (Lipinski definition) is 0. The minimum atomic E-state index is -0.813. The van der Waals surface area contributed by atoms with Crippen molar-refractivity contribution in [3.05, 3.63) is 104 Å². The molecule has 10 heteroatoms. The van der Waals surface area contributed by atoms with E-state index >= 15 is 0 Å². The molecule has 0 aliphatic heterocycles. The Labute approximate surface area is 212 Å². The average molecular weight is 504 g/mol. The molecule has 3 aromatic carbocycles. The summed E-state index contributed by atoms with van der Waals surface area (Å²) in [6.07, 6.45) is 2.94. The highest BCUT2D eigenvalue weighted by Crippen LogP contribution is 2.38. The van der Waals surface area contributed by atoms with Crippen molar-refractivity contribution < 1.29 is 28.9 Å². The minimum Gasteiger partial charge on any atom is -0.465 e. The number of nitro groups is 2. The summed E-state index contributed by atoms with van der Waals surface area (Å²) in [4.78, 5) is 47.6. The van der Waals surface area contributed by atoms with Crippen LogP contribution in [0.5, 0.6) is 0 Å². The van der Waals surface area contributed by atoms with Crippen molar-refractivity contribution in [3.8, 4) is 11.1 Å². The van der Waals surface area contributed by atoms with Gasteiger partial charge in [-0.25, -0.2) is 9.59 Å². The molecule has 190 valence electrons. The van der Waals surface area contributed by atoms with Gasteiger partial charge in [0.15, 0.2) is 0 Å². The van der Waals surface area contributed by atoms with E-state index in [1.165, 1.54) is 12.1 Å². The molecule has 0 radical (unpaired) electrons. The summed E-state index contributed by atoms with van der Waals surface area (Å²) in [5.41, 5.74) is 0.139. The van der Waals surface area contributed by atoms with E-state index in [0.717, 1.165) is 56.2 Å². The molecule has 1 fully saturated rings. The number of methoxy groups -OCH3 is 1. The summed E-state index contributed by atoms with van der Waals surface area (Å²) in [5.74, 6) is -1.56.